The lowest BCUT2D eigenvalue weighted by Gasteiger charge is -2.12. The predicted molar refractivity (Wildman–Crippen MR) is 95.0 cm³/mol. The molecule has 0 aromatic heterocycles. The fourth-order valence-electron chi connectivity index (χ4n) is 2.06. The minimum absolute atomic E-state index is 0.0731. The molecule has 0 aliphatic rings. The number of hydrogen-bond donors (Lipinski definition) is 3. The number of carbonyl (C=O) groups is 2. The summed E-state index contributed by atoms with van der Waals surface area (Å²) in [7, 11) is 3.89. The van der Waals surface area contributed by atoms with E-state index in [0.717, 1.165) is 11.3 Å². The predicted octanol–water partition coefficient (Wildman–Crippen LogP) is 1.51. The number of nitrogens with zero attached hydrogens (tertiary/aromatic N) is 1. The Labute approximate surface area is 140 Å². The summed E-state index contributed by atoms with van der Waals surface area (Å²) in [5.74, 6) is 4.25. The molecule has 0 atom stereocenters. The molecule has 2 amide bonds. The molecule has 0 radical (unpaired) electrons. The molecule has 0 saturated carbocycles. The van der Waals surface area contributed by atoms with Crippen molar-refractivity contribution in [3.05, 3.63) is 71.4 Å². The maximum atomic E-state index is 12.2. The van der Waals surface area contributed by atoms with Gasteiger partial charge in [0.15, 0.2) is 0 Å². The molecule has 2 aromatic carbocycles. The van der Waals surface area contributed by atoms with Crippen LogP contribution in [-0.4, -0.2) is 25.9 Å². The summed E-state index contributed by atoms with van der Waals surface area (Å²) in [6.45, 7) is 0. The maximum Gasteiger partial charge on any atom is 0.281 e. The van der Waals surface area contributed by atoms with Gasteiger partial charge in [-0.1, -0.05) is 30.3 Å². The zero-order valence-electron chi connectivity index (χ0n) is 13.6. The van der Waals surface area contributed by atoms with Gasteiger partial charge in [0.1, 0.15) is 5.70 Å². The monoisotopic (exact) mass is 324 g/mol. The Kier molecular flexibility index (Phi) is 5.70. The molecule has 6 heteroatoms. The molecule has 0 fully saturated rings. The van der Waals surface area contributed by atoms with Gasteiger partial charge in [0.25, 0.3) is 11.8 Å². The Morgan fingerprint density at radius 2 is 1.62 bits per heavy atom. The van der Waals surface area contributed by atoms with Crippen molar-refractivity contribution in [1.82, 2.24) is 10.7 Å². The fourth-order valence-corrected chi connectivity index (χ4v) is 2.06. The van der Waals surface area contributed by atoms with Crippen LogP contribution in [0.3, 0.4) is 0 Å². The third-order valence-corrected chi connectivity index (χ3v) is 3.38. The van der Waals surface area contributed by atoms with Crippen LogP contribution in [0.15, 0.2) is 60.3 Å². The summed E-state index contributed by atoms with van der Waals surface area (Å²) in [6, 6.07) is 16.2. The number of nitrogens with two attached hydrogens (primary N) is 1. The average Bonchev–Trinajstić information content (AvgIpc) is 2.61. The van der Waals surface area contributed by atoms with E-state index < -0.39 is 5.91 Å². The Hall–Kier alpha value is -3.12. The molecule has 2 rings (SSSR count). The molecule has 0 heterocycles. The molecule has 2 aromatic rings. The summed E-state index contributed by atoms with van der Waals surface area (Å²) >= 11 is 0. The average molecular weight is 324 g/mol. The number of hydrogen-bond acceptors (Lipinski definition) is 4. The molecule has 124 valence electrons. The second kappa shape index (κ2) is 7.94. The maximum absolute atomic E-state index is 12.2. The van der Waals surface area contributed by atoms with Crippen LogP contribution in [-0.2, 0) is 4.79 Å². The van der Waals surface area contributed by atoms with Crippen LogP contribution < -0.4 is 21.5 Å². The van der Waals surface area contributed by atoms with Gasteiger partial charge in [0, 0.05) is 25.3 Å². The number of carbonyl (C=O) groups excluding carboxylic acids is 2. The van der Waals surface area contributed by atoms with Gasteiger partial charge >= 0.3 is 0 Å². The lowest BCUT2D eigenvalue weighted by molar-refractivity contribution is -0.117. The van der Waals surface area contributed by atoms with E-state index in [0.29, 0.717) is 5.56 Å². The normalized spacial score (nSPS) is 10.9. The van der Waals surface area contributed by atoms with Gasteiger partial charge in [-0.05, 0) is 35.9 Å². The highest BCUT2D eigenvalue weighted by molar-refractivity contribution is 6.05. The van der Waals surface area contributed by atoms with Crippen LogP contribution in [0.25, 0.3) is 6.08 Å². The van der Waals surface area contributed by atoms with E-state index in [-0.39, 0.29) is 11.6 Å². The molecular formula is C18H20N4O2. The van der Waals surface area contributed by atoms with Gasteiger partial charge < -0.3 is 10.2 Å². The third-order valence-electron chi connectivity index (χ3n) is 3.38. The molecule has 0 aliphatic heterocycles. The minimum atomic E-state index is -0.573. The Morgan fingerprint density at radius 3 is 2.17 bits per heavy atom. The first-order valence-corrected chi connectivity index (χ1v) is 7.37. The van der Waals surface area contributed by atoms with Gasteiger partial charge in [-0.25, -0.2) is 5.84 Å². The largest absolute Gasteiger partial charge is 0.378 e. The number of rotatable bonds is 5. The molecule has 0 saturated heterocycles. The van der Waals surface area contributed by atoms with Crippen LogP contribution >= 0.6 is 0 Å². The summed E-state index contributed by atoms with van der Waals surface area (Å²) in [5, 5.41) is 2.59. The van der Waals surface area contributed by atoms with Crippen LogP contribution in [0.4, 0.5) is 5.69 Å². The van der Waals surface area contributed by atoms with Crippen LogP contribution in [0.1, 0.15) is 15.9 Å². The first-order chi connectivity index (χ1) is 11.5. The molecule has 0 unspecified atom stereocenters. The smallest absolute Gasteiger partial charge is 0.281 e. The van der Waals surface area contributed by atoms with E-state index in [1.807, 2.05) is 54.8 Å². The van der Waals surface area contributed by atoms with E-state index in [1.54, 1.807) is 30.3 Å². The number of hydrazine groups is 1. The quantitative estimate of drug-likeness (QED) is 0.337. The lowest BCUT2D eigenvalue weighted by Crippen LogP contribution is -2.38. The zero-order valence-corrected chi connectivity index (χ0v) is 13.6. The molecule has 0 spiro atoms. The minimum Gasteiger partial charge on any atom is -0.378 e. The number of anilines is 1. The van der Waals surface area contributed by atoms with Gasteiger partial charge in [-0.3, -0.25) is 15.0 Å². The van der Waals surface area contributed by atoms with E-state index in [9.17, 15) is 9.59 Å². The van der Waals surface area contributed by atoms with Crippen molar-refractivity contribution in [3.63, 3.8) is 0 Å². The van der Waals surface area contributed by atoms with Crippen molar-refractivity contribution in [2.45, 2.75) is 0 Å². The highest BCUT2D eigenvalue weighted by Gasteiger charge is 2.13. The highest BCUT2D eigenvalue weighted by Crippen LogP contribution is 2.14. The van der Waals surface area contributed by atoms with E-state index >= 15 is 0 Å². The van der Waals surface area contributed by atoms with Crippen LogP contribution in [0.2, 0.25) is 0 Å². The van der Waals surface area contributed by atoms with Crippen molar-refractivity contribution in [2.75, 3.05) is 19.0 Å². The van der Waals surface area contributed by atoms with Gasteiger partial charge in [0.2, 0.25) is 0 Å². The molecule has 4 N–H and O–H groups in total. The second-order valence-corrected chi connectivity index (χ2v) is 5.34. The summed E-state index contributed by atoms with van der Waals surface area (Å²) in [4.78, 5) is 26.1. The highest BCUT2D eigenvalue weighted by atomic mass is 16.2. The summed E-state index contributed by atoms with van der Waals surface area (Å²) in [5.41, 5.74) is 4.37. The van der Waals surface area contributed by atoms with E-state index in [1.165, 1.54) is 0 Å². The van der Waals surface area contributed by atoms with Crippen LogP contribution in [0.5, 0.6) is 0 Å². The standard InChI is InChI=1S/C18H20N4O2/c1-22(2)15-10-8-13(9-11-15)12-16(18(24)21-19)20-17(23)14-6-4-3-5-7-14/h3-12H,19H2,1-2H3,(H,20,23)(H,21,24). The van der Waals surface area contributed by atoms with Crippen molar-refractivity contribution in [2.24, 2.45) is 5.84 Å². The summed E-state index contributed by atoms with van der Waals surface area (Å²) in [6.07, 6.45) is 1.57. The van der Waals surface area contributed by atoms with Crippen molar-refractivity contribution < 1.29 is 9.59 Å². The summed E-state index contributed by atoms with van der Waals surface area (Å²) < 4.78 is 0. The fraction of sp³-hybridized carbons (Fsp3) is 0.111. The zero-order chi connectivity index (χ0) is 17.5. The topological polar surface area (TPSA) is 87.5 Å². The molecule has 24 heavy (non-hydrogen) atoms. The Balaban J connectivity index is 2.24. The first kappa shape index (κ1) is 17.2. The number of amides is 2. The third kappa shape index (κ3) is 4.44. The Bertz CT molecular complexity index is 737. The molecular weight excluding hydrogens is 304 g/mol. The van der Waals surface area contributed by atoms with Crippen molar-refractivity contribution >= 4 is 23.6 Å². The Morgan fingerprint density at radius 1 is 1.00 bits per heavy atom. The van der Waals surface area contributed by atoms with Gasteiger partial charge in [0.05, 0.1) is 0 Å². The van der Waals surface area contributed by atoms with Crippen molar-refractivity contribution in [3.8, 4) is 0 Å². The lowest BCUT2D eigenvalue weighted by atomic mass is 10.1. The first-order valence-electron chi connectivity index (χ1n) is 7.37. The SMILES string of the molecule is CN(C)c1ccc(C=C(NC(=O)c2ccccc2)C(=O)NN)cc1. The van der Waals surface area contributed by atoms with Crippen molar-refractivity contribution in [1.29, 1.82) is 0 Å². The van der Waals surface area contributed by atoms with Crippen LogP contribution in [0, 0.1) is 0 Å². The van der Waals surface area contributed by atoms with Gasteiger partial charge in [-0.15, -0.1) is 0 Å². The van der Waals surface area contributed by atoms with E-state index in [4.69, 9.17) is 5.84 Å². The molecule has 0 bridgehead atoms. The molecule has 0 aliphatic carbocycles. The molecule has 6 nitrogen and oxygen atoms in total. The number of benzene rings is 2. The van der Waals surface area contributed by atoms with Gasteiger partial charge in [-0.2, -0.15) is 0 Å². The second-order valence-electron chi connectivity index (χ2n) is 5.34. The van der Waals surface area contributed by atoms with E-state index in [2.05, 4.69) is 5.32 Å². The number of nitrogens with one attached hydrogen (secondary N) is 2.